The zero-order valence-electron chi connectivity index (χ0n) is 12.2. The Morgan fingerprint density at radius 2 is 1.86 bits per heavy atom. The van der Waals surface area contributed by atoms with Crippen molar-refractivity contribution in [1.82, 2.24) is 9.97 Å². The van der Waals surface area contributed by atoms with Crippen LogP contribution in [0.4, 0.5) is 23.1 Å². The highest BCUT2D eigenvalue weighted by molar-refractivity contribution is 5.88. The number of hydrogen-bond donors (Lipinski definition) is 3. The van der Waals surface area contributed by atoms with Crippen LogP contribution in [0.3, 0.4) is 0 Å². The van der Waals surface area contributed by atoms with Gasteiger partial charge in [0.1, 0.15) is 5.82 Å². The van der Waals surface area contributed by atoms with E-state index in [-0.39, 0.29) is 5.91 Å². The lowest BCUT2D eigenvalue weighted by Gasteiger charge is -2.08. The van der Waals surface area contributed by atoms with Crippen LogP contribution in [0.15, 0.2) is 36.5 Å². The molecule has 0 aliphatic rings. The van der Waals surface area contributed by atoms with Crippen molar-refractivity contribution in [2.45, 2.75) is 20.3 Å². The molecule has 0 aliphatic carbocycles. The van der Waals surface area contributed by atoms with Gasteiger partial charge in [-0.05, 0) is 36.8 Å². The minimum atomic E-state index is -0.0891. The average Bonchev–Trinajstić information content (AvgIpc) is 2.47. The fourth-order valence-electron chi connectivity index (χ4n) is 1.74. The van der Waals surface area contributed by atoms with E-state index < -0.39 is 0 Å². The second-order valence-corrected chi connectivity index (χ2v) is 4.58. The Bertz CT molecular complexity index is 597. The monoisotopic (exact) mass is 285 g/mol. The van der Waals surface area contributed by atoms with Crippen LogP contribution in [0, 0.1) is 0 Å². The van der Waals surface area contributed by atoms with Crippen LogP contribution < -0.4 is 16.0 Å². The van der Waals surface area contributed by atoms with Gasteiger partial charge in [0.2, 0.25) is 11.9 Å². The topological polar surface area (TPSA) is 78.9 Å². The van der Waals surface area contributed by atoms with Gasteiger partial charge in [0.15, 0.2) is 0 Å². The summed E-state index contributed by atoms with van der Waals surface area (Å²) in [5.41, 5.74) is 1.61. The largest absolute Gasteiger partial charge is 0.370 e. The number of benzene rings is 1. The molecule has 0 aliphatic heterocycles. The highest BCUT2D eigenvalue weighted by Crippen LogP contribution is 2.17. The Morgan fingerprint density at radius 1 is 1.14 bits per heavy atom. The highest BCUT2D eigenvalue weighted by Gasteiger charge is 2.01. The first-order valence-corrected chi connectivity index (χ1v) is 6.89. The molecule has 0 radical (unpaired) electrons. The van der Waals surface area contributed by atoms with Crippen LogP contribution in [0.2, 0.25) is 0 Å². The molecule has 1 aromatic heterocycles. The Labute approximate surface area is 124 Å². The standard InChI is InChI=1S/C15H19N5O/c1-3-9-16-14-8-10-17-15(20-14)19-13-6-4-12(5-7-13)18-11(2)21/h4-8,10H,3,9H2,1-2H3,(H,18,21)(H2,16,17,19,20). The summed E-state index contributed by atoms with van der Waals surface area (Å²) in [5.74, 6) is 1.24. The van der Waals surface area contributed by atoms with Gasteiger partial charge in [0.05, 0.1) is 0 Å². The summed E-state index contributed by atoms with van der Waals surface area (Å²) >= 11 is 0. The summed E-state index contributed by atoms with van der Waals surface area (Å²) in [6.07, 6.45) is 2.75. The summed E-state index contributed by atoms with van der Waals surface area (Å²) in [7, 11) is 0. The number of nitrogens with zero attached hydrogens (tertiary/aromatic N) is 2. The minimum Gasteiger partial charge on any atom is -0.370 e. The second kappa shape index (κ2) is 7.23. The van der Waals surface area contributed by atoms with Gasteiger partial charge in [0, 0.05) is 31.0 Å². The smallest absolute Gasteiger partial charge is 0.229 e. The van der Waals surface area contributed by atoms with Crippen LogP contribution in [-0.2, 0) is 4.79 Å². The lowest BCUT2D eigenvalue weighted by molar-refractivity contribution is -0.114. The first-order chi connectivity index (χ1) is 10.2. The quantitative estimate of drug-likeness (QED) is 0.760. The molecule has 0 saturated carbocycles. The van der Waals surface area contributed by atoms with Crippen LogP contribution in [0.25, 0.3) is 0 Å². The van der Waals surface area contributed by atoms with Gasteiger partial charge < -0.3 is 16.0 Å². The molecule has 21 heavy (non-hydrogen) atoms. The van der Waals surface area contributed by atoms with E-state index in [1.165, 1.54) is 6.92 Å². The van der Waals surface area contributed by atoms with E-state index in [1.807, 2.05) is 30.3 Å². The molecule has 2 aromatic rings. The van der Waals surface area contributed by atoms with Crippen molar-refractivity contribution in [1.29, 1.82) is 0 Å². The molecule has 0 fully saturated rings. The number of aromatic nitrogens is 2. The Morgan fingerprint density at radius 3 is 2.52 bits per heavy atom. The number of anilines is 4. The van der Waals surface area contributed by atoms with Gasteiger partial charge >= 0.3 is 0 Å². The zero-order chi connectivity index (χ0) is 15.1. The predicted molar refractivity (Wildman–Crippen MR) is 84.8 cm³/mol. The van der Waals surface area contributed by atoms with E-state index >= 15 is 0 Å². The number of nitrogens with one attached hydrogen (secondary N) is 3. The summed E-state index contributed by atoms with van der Waals surface area (Å²) in [4.78, 5) is 19.5. The molecular weight excluding hydrogens is 266 g/mol. The van der Waals surface area contributed by atoms with Crippen molar-refractivity contribution >= 4 is 29.0 Å². The van der Waals surface area contributed by atoms with E-state index in [4.69, 9.17) is 0 Å². The molecule has 110 valence electrons. The maximum absolute atomic E-state index is 11.0. The Balaban J connectivity index is 2.02. The van der Waals surface area contributed by atoms with E-state index in [0.717, 1.165) is 30.2 Å². The summed E-state index contributed by atoms with van der Waals surface area (Å²) in [6, 6.07) is 9.20. The van der Waals surface area contributed by atoms with E-state index in [0.29, 0.717) is 5.95 Å². The van der Waals surface area contributed by atoms with Gasteiger partial charge in [-0.15, -0.1) is 0 Å². The molecule has 3 N–H and O–H groups in total. The predicted octanol–water partition coefficient (Wildman–Crippen LogP) is 3.00. The first-order valence-electron chi connectivity index (χ1n) is 6.89. The minimum absolute atomic E-state index is 0.0891. The third-order valence-electron chi connectivity index (χ3n) is 2.67. The van der Waals surface area contributed by atoms with Gasteiger partial charge in [-0.25, -0.2) is 4.98 Å². The molecule has 1 amide bonds. The van der Waals surface area contributed by atoms with E-state index in [2.05, 4.69) is 32.8 Å². The van der Waals surface area contributed by atoms with Crippen molar-refractivity contribution in [2.24, 2.45) is 0 Å². The third-order valence-corrected chi connectivity index (χ3v) is 2.67. The van der Waals surface area contributed by atoms with Crippen molar-refractivity contribution in [3.8, 4) is 0 Å². The second-order valence-electron chi connectivity index (χ2n) is 4.58. The van der Waals surface area contributed by atoms with Gasteiger partial charge in [0.25, 0.3) is 0 Å². The number of hydrogen-bond acceptors (Lipinski definition) is 5. The van der Waals surface area contributed by atoms with Gasteiger partial charge in [-0.2, -0.15) is 4.98 Å². The van der Waals surface area contributed by atoms with E-state index in [1.54, 1.807) is 6.20 Å². The number of carbonyl (C=O) groups is 1. The number of rotatable bonds is 6. The Hall–Kier alpha value is -2.63. The normalized spacial score (nSPS) is 10.0. The van der Waals surface area contributed by atoms with E-state index in [9.17, 15) is 4.79 Å². The lowest BCUT2D eigenvalue weighted by atomic mass is 10.3. The highest BCUT2D eigenvalue weighted by atomic mass is 16.1. The lowest BCUT2D eigenvalue weighted by Crippen LogP contribution is -2.06. The van der Waals surface area contributed by atoms with Crippen LogP contribution in [0.5, 0.6) is 0 Å². The molecule has 6 nitrogen and oxygen atoms in total. The molecular formula is C15H19N5O. The molecule has 0 atom stereocenters. The molecule has 1 heterocycles. The van der Waals surface area contributed by atoms with Gasteiger partial charge in [-0.3, -0.25) is 4.79 Å². The fraction of sp³-hybridized carbons (Fsp3) is 0.267. The molecule has 1 aromatic carbocycles. The van der Waals surface area contributed by atoms with Crippen molar-refractivity contribution < 1.29 is 4.79 Å². The molecule has 0 bridgehead atoms. The van der Waals surface area contributed by atoms with Crippen LogP contribution in [0.1, 0.15) is 20.3 Å². The Kier molecular flexibility index (Phi) is 5.09. The van der Waals surface area contributed by atoms with Crippen molar-refractivity contribution in [3.63, 3.8) is 0 Å². The van der Waals surface area contributed by atoms with Gasteiger partial charge in [-0.1, -0.05) is 6.92 Å². The fourth-order valence-corrected chi connectivity index (χ4v) is 1.74. The first kappa shape index (κ1) is 14.8. The SMILES string of the molecule is CCCNc1ccnc(Nc2ccc(NC(C)=O)cc2)n1. The van der Waals surface area contributed by atoms with Crippen molar-refractivity contribution in [3.05, 3.63) is 36.5 Å². The van der Waals surface area contributed by atoms with Crippen molar-refractivity contribution in [2.75, 3.05) is 22.5 Å². The summed E-state index contributed by atoms with van der Waals surface area (Å²) < 4.78 is 0. The average molecular weight is 285 g/mol. The molecule has 2 rings (SSSR count). The van der Waals surface area contributed by atoms with Crippen LogP contribution in [-0.4, -0.2) is 22.4 Å². The van der Waals surface area contributed by atoms with Crippen LogP contribution >= 0.6 is 0 Å². The molecule has 0 saturated heterocycles. The molecule has 0 spiro atoms. The summed E-state index contributed by atoms with van der Waals surface area (Å²) in [5, 5.41) is 9.06. The molecule has 6 heteroatoms. The number of amides is 1. The molecule has 0 unspecified atom stereocenters. The number of carbonyl (C=O) groups excluding carboxylic acids is 1. The summed E-state index contributed by atoms with van der Waals surface area (Å²) in [6.45, 7) is 4.46. The zero-order valence-corrected chi connectivity index (χ0v) is 12.2. The maximum Gasteiger partial charge on any atom is 0.229 e. The maximum atomic E-state index is 11.0. The third kappa shape index (κ3) is 4.76.